The van der Waals surface area contributed by atoms with E-state index in [1.165, 1.54) is 11.8 Å². The lowest BCUT2D eigenvalue weighted by Crippen LogP contribution is -2.71. The first kappa shape index (κ1) is 16.0. The second-order valence-corrected chi connectivity index (χ2v) is 6.70. The van der Waals surface area contributed by atoms with Gasteiger partial charge in [0.2, 0.25) is 5.91 Å². The van der Waals surface area contributed by atoms with Gasteiger partial charge in [-0.2, -0.15) is 5.26 Å². The summed E-state index contributed by atoms with van der Waals surface area (Å²) < 4.78 is 0. The predicted octanol–water partition coefficient (Wildman–Crippen LogP) is 0.176. The third-order valence-electron chi connectivity index (χ3n) is 3.01. The van der Waals surface area contributed by atoms with Gasteiger partial charge in [0.25, 0.3) is 5.91 Å². The second-order valence-electron chi connectivity index (χ2n) is 4.20. The van der Waals surface area contributed by atoms with Crippen LogP contribution in [0.5, 0.6) is 0 Å². The molecule has 0 aromatic rings. The molecule has 0 bridgehead atoms. The van der Waals surface area contributed by atoms with E-state index in [1.54, 1.807) is 6.26 Å². The van der Waals surface area contributed by atoms with E-state index in [9.17, 15) is 14.4 Å². The SMILES string of the molecule is CSC(C#N)C(=O)NC1C(=O)N2C(C(=O)O)=C(Cl)CS[C@@H]12. The summed E-state index contributed by atoms with van der Waals surface area (Å²) in [7, 11) is 0. The van der Waals surface area contributed by atoms with Gasteiger partial charge in [0.05, 0.1) is 11.1 Å². The van der Waals surface area contributed by atoms with Gasteiger partial charge in [0.1, 0.15) is 17.1 Å². The van der Waals surface area contributed by atoms with Crippen molar-refractivity contribution >= 4 is 52.9 Å². The molecule has 3 atom stereocenters. The predicted molar refractivity (Wildman–Crippen MR) is 78.5 cm³/mol. The molecule has 2 unspecified atom stereocenters. The van der Waals surface area contributed by atoms with Gasteiger partial charge < -0.3 is 10.4 Å². The lowest BCUT2D eigenvalue weighted by atomic mass is 10.0. The molecule has 0 aromatic carbocycles. The van der Waals surface area contributed by atoms with Crippen molar-refractivity contribution in [1.29, 1.82) is 5.26 Å². The molecule has 1 fully saturated rings. The number of fused-ring (bicyclic) bond motifs is 1. The highest BCUT2D eigenvalue weighted by molar-refractivity contribution is 8.00. The highest BCUT2D eigenvalue weighted by Gasteiger charge is 2.54. The molecule has 2 aliphatic rings. The number of rotatable bonds is 4. The minimum atomic E-state index is -1.28. The summed E-state index contributed by atoms with van der Waals surface area (Å²) in [6.45, 7) is 0. The number of amides is 2. The minimum Gasteiger partial charge on any atom is -0.477 e. The Morgan fingerprint density at radius 3 is 2.86 bits per heavy atom. The Morgan fingerprint density at radius 2 is 2.33 bits per heavy atom. The van der Waals surface area contributed by atoms with Crippen molar-refractivity contribution in [2.24, 2.45) is 0 Å². The van der Waals surface area contributed by atoms with Gasteiger partial charge in [0, 0.05) is 5.75 Å². The number of nitriles is 1. The molecule has 21 heavy (non-hydrogen) atoms. The van der Waals surface area contributed by atoms with Gasteiger partial charge >= 0.3 is 5.97 Å². The molecule has 2 amide bonds. The van der Waals surface area contributed by atoms with Gasteiger partial charge in [-0.25, -0.2) is 4.79 Å². The van der Waals surface area contributed by atoms with Gasteiger partial charge in [-0.05, 0) is 6.26 Å². The van der Waals surface area contributed by atoms with E-state index >= 15 is 0 Å². The number of carboxylic acids is 1. The molecule has 0 saturated carbocycles. The molecule has 2 rings (SSSR count). The van der Waals surface area contributed by atoms with Gasteiger partial charge in [-0.1, -0.05) is 11.6 Å². The van der Waals surface area contributed by atoms with Crippen molar-refractivity contribution in [2.75, 3.05) is 12.0 Å². The van der Waals surface area contributed by atoms with Crippen LogP contribution in [0.15, 0.2) is 10.7 Å². The van der Waals surface area contributed by atoms with Crippen LogP contribution in [0.1, 0.15) is 0 Å². The number of halogens is 1. The first-order valence-electron chi connectivity index (χ1n) is 5.71. The lowest BCUT2D eigenvalue weighted by Gasteiger charge is -2.48. The summed E-state index contributed by atoms with van der Waals surface area (Å²) in [5, 5.41) is 19.1. The fourth-order valence-electron chi connectivity index (χ4n) is 2.03. The monoisotopic (exact) mass is 347 g/mol. The van der Waals surface area contributed by atoms with Crippen LogP contribution >= 0.6 is 35.1 Å². The second kappa shape index (κ2) is 6.17. The zero-order valence-corrected chi connectivity index (χ0v) is 13.1. The average Bonchev–Trinajstić information content (AvgIpc) is 2.45. The van der Waals surface area contributed by atoms with Crippen LogP contribution in [0, 0.1) is 11.3 Å². The molecular weight excluding hydrogens is 338 g/mol. The van der Waals surface area contributed by atoms with Gasteiger partial charge in [-0.3, -0.25) is 14.5 Å². The number of hydrogen-bond acceptors (Lipinski definition) is 6. The van der Waals surface area contributed by atoms with Crippen molar-refractivity contribution in [3.8, 4) is 6.07 Å². The molecule has 7 nitrogen and oxygen atoms in total. The zero-order valence-electron chi connectivity index (χ0n) is 10.7. The number of nitrogens with one attached hydrogen (secondary N) is 1. The Labute approximate surface area is 133 Å². The molecule has 0 radical (unpaired) electrons. The van der Waals surface area contributed by atoms with E-state index in [0.29, 0.717) is 0 Å². The smallest absolute Gasteiger partial charge is 0.353 e. The maximum absolute atomic E-state index is 12.0. The molecular formula is C11H10ClN3O4S2. The summed E-state index contributed by atoms with van der Waals surface area (Å²) in [4.78, 5) is 36.1. The quantitative estimate of drug-likeness (QED) is 0.698. The van der Waals surface area contributed by atoms with E-state index in [4.69, 9.17) is 22.0 Å². The van der Waals surface area contributed by atoms with Crippen LogP contribution in [-0.4, -0.2) is 56.5 Å². The molecule has 112 valence electrons. The third kappa shape index (κ3) is 2.71. The van der Waals surface area contributed by atoms with E-state index in [-0.39, 0.29) is 16.5 Å². The highest BCUT2D eigenvalue weighted by Crippen LogP contribution is 2.41. The van der Waals surface area contributed by atoms with Crippen LogP contribution in [0.25, 0.3) is 0 Å². The number of carbonyl (C=O) groups excluding carboxylic acids is 2. The van der Waals surface area contributed by atoms with E-state index in [0.717, 1.165) is 16.7 Å². The van der Waals surface area contributed by atoms with Crippen LogP contribution in [0.3, 0.4) is 0 Å². The van der Waals surface area contributed by atoms with Crippen molar-refractivity contribution < 1.29 is 19.5 Å². The number of thioether (sulfide) groups is 2. The lowest BCUT2D eigenvalue weighted by molar-refractivity contribution is -0.150. The van der Waals surface area contributed by atoms with E-state index < -0.39 is 34.4 Å². The summed E-state index contributed by atoms with van der Waals surface area (Å²) in [6, 6.07) is 0.992. The molecule has 2 aliphatic heterocycles. The normalized spacial score (nSPS) is 25.6. The van der Waals surface area contributed by atoms with E-state index in [2.05, 4.69) is 5.32 Å². The largest absolute Gasteiger partial charge is 0.477 e. The maximum Gasteiger partial charge on any atom is 0.353 e. The third-order valence-corrected chi connectivity index (χ3v) is 5.56. The summed E-state index contributed by atoms with van der Waals surface area (Å²) in [6.07, 6.45) is 1.61. The Bertz CT molecular complexity index is 589. The van der Waals surface area contributed by atoms with E-state index in [1.807, 2.05) is 6.07 Å². The standard InChI is InChI=1S/C11H10ClN3O4S2/c1-20-5(2-13)8(16)14-6-9(17)15-7(11(18)19)4(12)3-21-10(6)15/h5-6,10H,3H2,1H3,(H,14,16)(H,18,19)/t5?,6?,10-/m0/s1. The van der Waals surface area contributed by atoms with Crippen molar-refractivity contribution in [3.63, 3.8) is 0 Å². The Kier molecular flexibility index (Phi) is 4.70. The maximum atomic E-state index is 12.0. The molecule has 0 aliphatic carbocycles. The Morgan fingerprint density at radius 1 is 1.67 bits per heavy atom. The Balaban J connectivity index is 2.13. The first-order chi connectivity index (χ1) is 9.92. The summed E-state index contributed by atoms with van der Waals surface area (Å²) in [5.74, 6) is -2.11. The fraction of sp³-hybridized carbons (Fsp3) is 0.455. The number of β-lactam (4-membered cyclic amide) rings is 1. The minimum absolute atomic E-state index is 0.0980. The summed E-state index contributed by atoms with van der Waals surface area (Å²) >= 11 is 8.17. The van der Waals surface area contributed by atoms with Crippen LogP contribution in [-0.2, 0) is 14.4 Å². The number of aliphatic carboxylic acids is 1. The number of carboxylic acid groups (broad SMARTS) is 1. The molecule has 2 N–H and O–H groups in total. The topological polar surface area (TPSA) is 111 Å². The number of nitrogens with zero attached hydrogens (tertiary/aromatic N) is 2. The van der Waals surface area contributed by atoms with Gasteiger partial charge in [-0.15, -0.1) is 23.5 Å². The van der Waals surface area contributed by atoms with Crippen molar-refractivity contribution in [1.82, 2.24) is 10.2 Å². The van der Waals surface area contributed by atoms with Crippen molar-refractivity contribution in [2.45, 2.75) is 16.7 Å². The van der Waals surface area contributed by atoms with Crippen LogP contribution in [0.2, 0.25) is 0 Å². The first-order valence-corrected chi connectivity index (χ1v) is 8.43. The van der Waals surface area contributed by atoms with Crippen molar-refractivity contribution in [3.05, 3.63) is 10.7 Å². The number of carbonyl (C=O) groups is 3. The van der Waals surface area contributed by atoms with Crippen LogP contribution in [0.4, 0.5) is 0 Å². The van der Waals surface area contributed by atoms with Crippen LogP contribution < -0.4 is 5.32 Å². The molecule has 0 spiro atoms. The highest BCUT2D eigenvalue weighted by atomic mass is 35.5. The zero-order chi connectivity index (χ0) is 15.7. The Hall–Kier alpha value is -1.37. The summed E-state index contributed by atoms with van der Waals surface area (Å²) in [5.41, 5.74) is -0.238. The van der Waals surface area contributed by atoms with Gasteiger partial charge in [0.15, 0.2) is 5.25 Å². The number of hydrogen-bond donors (Lipinski definition) is 2. The fourth-order valence-corrected chi connectivity index (χ4v) is 3.97. The molecule has 2 heterocycles. The molecule has 10 heteroatoms. The average molecular weight is 348 g/mol. The molecule has 0 aromatic heterocycles. The molecule has 1 saturated heterocycles.